The lowest BCUT2D eigenvalue weighted by atomic mass is 9.76. The third-order valence-electron chi connectivity index (χ3n) is 3.86. The van der Waals surface area contributed by atoms with Gasteiger partial charge in [0.1, 0.15) is 23.9 Å². The molecule has 1 aliphatic rings. The van der Waals surface area contributed by atoms with Gasteiger partial charge in [0, 0.05) is 20.6 Å². The Bertz CT molecular complexity index is 702. The molecule has 21 heavy (non-hydrogen) atoms. The van der Waals surface area contributed by atoms with Crippen molar-refractivity contribution in [2.24, 2.45) is 5.41 Å². The lowest BCUT2D eigenvalue weighted by molar-refractivity contribution is 0.0194. The van der Waals surface area contributed by atoms with E-state index in [1.165, 1.54) is 11.3 Å². The lowest BCUT2D eigenvalue weighted by Gasteiger charge is -2.35. The Kier molecular flexibility index (Phi) is 3.78. The molecule has 0 radical (unpaired) electrons. The molecule has 0 bridgehead atoms. The largest absolute Gasteiger partial charge is 0.492 e. The quantitative estimate of drug-likeness (QED) is 0.877. The zero-order chi connectivity index (χ0) is 15.0. The SMILES string of the molecule is Cc1sc(C(O)C2(C#N)COc3ccccc3C2)cc1Br. The summed E-state index contributed by atoms with van der Waals surface area (Å²) in [6.07, 6.45) is -0.360. The molecular formula is C16H14BrNO2S. The van der Waals surface area contributed by atoms with E-state index in [1.54, 1.807) is 0 Å². The standard InChI is InChI=1S/C16H14BrNO2S/c1-10-12(17)6-14(21-10)15(19)16(8-18)7-11-4-2-3-5-13(11)20-9-16/h2-6,15,19H,7,9H2,1H3. The molecule has 1 aliphatic heterocycles. The summed E-state index contributed by atoms with van der Waals surface area (Å²) in [6.45, 7) is 2.19. The Balaban J connectivity index is 1.97. The second kappa shape index (κ2) is 5.45. The maximum atomic E-state index is 10.7. The van der Waals surface area contributed by atoms with Crippen molar-refractivity contribution < 1.29 is 9.84 Å². The minimum absolute atomic E-state index is 0.205. The monoisotopic (exact) mass is 363 g/mol. The molecule has 0 amide bonds. The summed E-state index contributed by atoms with van der Waals surface area (Å²) in [7, 11) is 0. The first-order valence-electron chi connectivity index (χ1n) is 6.61. The normalized spacial score (nSPS) is 22.0. The minimum Gasteiger partial charge on any atom is -0.492 e. The molecule has 0 saturated carbocycles. The molecule has 2 aromatic rings. The highest BCUT2D eigenvalue weighted by atomic mass is 79.9. The predicted octanol–water partition coefficient (Wildman–Crippen LogP) is 4.00. The number of nitrogens with zero attached hydrogens (tertiary/aromatic N) is 1. The summed E-state index contributed by atoms with van der Waals surface area (Å²) in [5.74, 6) is 0.805. The Hall–Kier alpha value is -1.35. The predicted molar refractivity (Wildman–Crippen MR) is 85.4 cm³/mol. The first-order valence-corrected chi connectivity index (χ1v) is 8.22. The number of nitriles is 1. The van der Waals surface area contributed by atoms with E-state index >= 15 is 0 Å². The molecule has 0 spiro atoms. The van der Waals surface area contributed by atoms with Gasteiger partial charge in [-0.25, -0.2) is 0 Å². The van der Waals surface area contributed by atoms with Gasteiger partial charge in [-0.15, -0.1) is 11.3 Å². The van der Waals surface area contributed by atoms with Crippen molar-refractivity contribution in [1.29, 1.82) is 5.26 Å². The van der Waals surface area contributed by atoms with Gasteiger partial charge in [0.2, 0.25) is 0 Å². The van der Waals surface area contributed by atoms with Gasteiger partial charge in [0.05, 0.1) is 6.07 Å². The molecule has 2 atom stereocenters. The molecule has 3 rings (SSSR count). The van der Waals surface area contributed by atoms with Gasteiger partial charge >= 0.3 is 0 Å². The van der Waals surface area contributed by atoms with Gasteiger partial charge in [-0.1, -0.05) is 18.2 Å². The van der Waals surface area contributed by atoms with Crippen LogP contribution in [0.5, 0.6) is 5.75 Å². The van der Waals surface area contributed by atoms with Gasteiger partial charge in [-0.05, 0) is 40.5 Å². The van der Waals surface area contributed by atoms with Crippen LogP contribution in [0.1, 0.15) is 21.4 Å². The minimum atomic E-state index is -0.939. The highest BCUT2D eigenvalue weighted by Gasteiger charge is 2.44. The number of aliphatic hydroxyl groups excluding tert-OH is 1. The first-order chi connectivity index (χ1) is 10.1. The Morgan fingerprint density at radius 2 is 2.24 bits per heavy atom. The van der Waals surface area contributed by atoms with Crippen molar-refractivity contribution in [3.05, 3.63) is 50.1 Å². The molecule has 2 heterocycles. The van der Waals surface area contributed by atoms with E-state index in [1.807, 2.05) is 37.3 Å². The molecule has 0 saturated heterocycles. The molecule has 2 unspecified atom stereocenters. The van der Waals surface area contributed by atoms with Gasteiger partial charge in [-0.3, -0.25) is 0 Å². The number of fused-ring (bicyclic) bond motifs is 1. The highest BCUT2D eigenvalue weighted by molar-refractivity contribution is 9.10. The fraction of sp³-hybridized carbons (Fsp3) is 0.312. The highest BCUT2D eigenvalue weighted by Crippen LogP contribution is 2.45. The number of benzene rings is 1. The fourth-order valence-corrected chi connectivity index (χ4v) is 4.25. The van der Waals surface area contributed by atoms with Crippen LogP contribution in [0.2, 0.25) is 0 Å². The maximum Gasteiger partial charge on any atom is 0.126 e. The molecule has 5 heteroatoms. The van der Waals surface area contributed by atoms with Gasteiger partial charge in [0.25, 0.3) is 0 Å². The summed E-state index contributed by atoms with van der Waals surface area (Å²) in [6, 6.07) is 11.9. The van der Waals surface area contributed by atoms with Gasteiger partial charge in [0.15, 0.2) is 0 Å². The van der Waals surface area contributed by atoms with Crippen molar-refractivity contribution in [1.82, 2.24) is 0 Å². The van der Waals surface area contributed by atoms with E-state index in [0.717, 1.165) is 25.5 Å². The van der Waals surface area contributed by atoms with Crippen LogP contribution in [0.3, 0.4) is 0 Å². The molecule has 0 aliphatic carbocycles. The third-order valence-corrected chi connectivity index (χ3v) is 6.04. The van der Waals surface area contributed by atoms with E-state index in [9.17, 15) is 10.4 Å². The summed E-state index contributed by atoms with van der Waals surface area (Å²) in [4.78, 5) is 1.89. The van der Waals surface area contributed by atoms with Crippen molar-refractivity contribution >= 4 is 27.3 Å². The molecule has 1 aromatic carbocycles. The third kappa shape index (κ3) is 2.48. The van der Waals surface area contributed by atoms with Crippen molar-refractivity contribution in [2.45, 2.75) is 19.4 Å². The molecule has 108 valence electrons. The Labute approximate surface area is 135 Å². The Morgan fingerprint density at radius 3 is 2.90 bits per heavy atom. The molecule has 1 aromatic heterocycles. The number of thiophene rings is 1. The average Bonchev–Trinajstić information content (AvgIpc) is 2.85. The lowest BCUT2D eigenvalue weighted by Crippen LogP contribution is -2.38. The number of ether oxygens (including phenoxy) is 1. The van der Waals surface area contributed by atoms with E-state index in [0.29, 0.717) is 6.42 Å². The topological polar surface area (TPSA) is 53.2 Å². The number of hydrogen-bond acceptors (Lipinski definition) is 4. The van der Waals surface area contributed by atoms with Crippen LogP contribution in [0.4, 0.5) is 0 Å². The molecular weight excluding hydrogens is 350 g/mol. The maximum absolute atomic E-state index is 10.7. The number of aliphatic hydroxyl groups is 1. The van der Waals surface area contributed by atoms with Crippen LogP contribution in [-0.4, -0.2) is 11.7 Å². The zero-order valence-electron chi connectivity index (χ0n) is 11.5. The number of para-hydroxylation sites is 1. The van der Waals surface area contributed by atoms with Crippen molar-refractivity contribution in [2.75, 3.05) is 6.61 Å². The van der Waals surface area contributed by atoms with Crippen molar-refractivity contribution in [3.63, 3.8) is 0 Å². The van der Waals surface area contributed by atoms with E-state index in [2.05, 4.69) is 22.0 Å². The van der Waals surface area contributed by atoms with Crippen LogP contribution >= 0.6 is 27.3 Å². The number of hydrogen-bond donors (Lipinski definition) is 1. The van der Waals surface area contributed by atoms with Crippen molar-refractivity contribution in [3.8, 4) is 11.8 Å². The first kappa shape index (κ1) is 14.6. The number of rotatable bonds is 2. The van der Waals surface area contributed by atoms with Crippen LogP contribution in [0.15, 0.2) is 34.8 Å². The fourth-order valence-electron chi connectivity index (χ4n) is 2.59. The van der Waals surface area contributed by atoms with Gasteiger partial charge < -0.3 is 9.84 Å². The van der Waals surface area contributed by atoms with Crippen LogP contribution in [-0.2, 0) is 6.42 Å². The summed E-state index contributed by atoms with van der Waals surface area (Å²) in [5, 5.41) is 20.4. The summed E-state index contributed by atoms with van der Waals surface area (Å²) in [5.41, 5.74) is 0.0298. The molecule has 1 N–H and O–H groups in total. The Morgan fingerprint density at radius 1 is 1.48 bits per heavy atom. The average molecular weight is 364 g/mol. The second-order valence-electron chi connectivity index (χ2n) is 5.30. The van der Waals surface area contributed by atoms with Crippen LogP contribution < -0.4 is 4.74 Å². The van der Waals surface area contributed by atoms with Gasteiger partial charge in [-0.2, -0.15) is 5.26 Å². The molecule has 0 fully saturated rings. The van der Waals surface area contributed by atoms with Crippen LogP contribution in [0, 0.1) is 23.7 Å². The number of halogens is 1. The van der Waals surface area contributed by atoms with E-state index in [4.69, 9.17) is 4.74 Å². The van der Waals surface area contributed by atoms with E-state index in [-0.39, 0.29) is 6.61 Å². The van der Waals surface area contributed by atoms with E-state index < -0.39 is 11.5 Å². The summed E-state index contributed by atoms with van der Waals surface area (Å²) < 4.78 is 6.69. The number of aryl methyl sites for hydroxylation is 1. The smallest absolute Gasteiger partial charge is 0.126 e. The zero-order valence-corrected chi connectivity index (χ0v) is 13.9. The van der Waals surface area contributed by atoms with Crippen LogP contribution in [0.25, 0.3) is 0 Å². The molecule has 3 nitrogen and oxygen atoms in total. The summed E-state index contributed by atoms with van der Waals surface area (Å²) >= 11 is 4.97. The second-order valence-corrected chi connectivity index (χ2v) is 7.44.